The van der Waals surface area contributed by atoms with Crippen molar-refractivity contribution in [3.63, 3.8) is 0 Å². The molecule has 0 saturated carbocycles. The second-order valence-corrected chi connectivity index (χ2v) is 6.15. The van der Waals surface area contributed by atoms with Gasteiger partial charge in [0.15, 0.2) is 0 Å². The van der Waals surface area contributed by atoms with Crippen molar-refractivity contribution in [3.05, 3.63) is 52.1 Å². The Labute approximate surface area is 147 Å². The van der Waals surface area contributed by atoms with Gasteiger partial charge in [0.05, 0.1) is 30.4 Å². The Morgan fingerprint density at radius 2 is 1.78 bits per heavy atom. The molecular formula is C17H14BrClN2O2. The van der Waals surface area contributed by atoms with Crippen molar-refractivity contribution in [2.75, 3.05) is 19.5 Å². The van der Waals surface area contributed by atoms with Crippen LogP contribution in [0.25, 0.3) is 10.9 Å². The van der Waals surface area contributed by atoms with E-state index >= 15 is 0 Å². The lowest BCUT2D eigenvalue weighted by molar-refractivity contribution is 0.405. The molecule has 6 heteroatoms. The third kappa shape index (κ3) is 3.21. The molecule has 0 aliphatic rings. The van der Waals surface area contributed by atoms with Crippen LogP contribution >= 0.6 is 27.5 Å². The number of hydrogen-bond donors (Lipinski definition) is 1. The van der Waals surface area contributed by atoms with Gasteiger partial charge in [0.2, 0.25) is 0 Å². The first-order chi connectivity index (χ1) is 11.1. The van der Waals surface area contributed by atoms with Crippen LogP contribution < -0.4 is 14.8 Å². The van der Waals surface area contributed by atoms with E-state index in [4.69, 9.17) is 21.1 Å². The highest BCUT2D eigenvalue weighted by atomic mass is 79.9. The van der Waals surface area contributed by atoms with E-state index in [1.54, 1.807) is 26.5 Å². The minimum atomic E-state index is 0.499. The topological polar surface area (TPSA) is 43.4 Å². The molecule has 0 fully saturated rings. The summed E-state index contributed by atoms with van der Waals surface area (Å²) in [6.07, 6.45) is 1.76. The van der Waals surface area contributed by atoms with Gasteiger partial charge in [0, 0.05) is 33.9 Å². The molecule has 0 aliphatic carbocycles. The number of methoxy groups -OCH3 is 2. The number of rotatable bonds is 4. The van der Waals surface area contributed by atoms with Gasteiger partial charge in [0.1, 0.15) is 11.5 Å². The highest BCUT2D eigenvalue weighted by Gasteiger charge is 2.11. The fourth-order valence-corrected chi connectivity index (χ4v) is 2.91. The molecule has 4 nitrogen and oxygen atoms in total. The van der Waals surface area contributed by atoms with E-state index in [0.29, 0.717) is 16.5 Å². The molecule has 118 valence electrons. The number of aromatic nitrogens is 1. The monoisotopic (exact) mass is 392 g/mol. The van der Waals surface area contributed by atoms with Gasteiger partial charge in [-0.3, -0.25) is 4.98 Å². The largest absolute Gasteiger partial charge is 0.495 e. The summed E-state index contributed by atoms with van der Waals surface area (Å²) in [5.41, 5.74) is 2.58. The second kappa shape index (κ2) is 6.64. The molecule has 0 saturated heterocycles. The minimum Gasteiger partial charge on any atom is -0.495 e. The van der Waals surface area contributed by atoms with Crippen molar-refractivity contribution in [2.45, 2.75) is 0 Å². The molecule has 0 amide bonds. The quantitative estimate of drug-likeness (QED) is 0.643. The number of ether oxygens (including phenoxy) is 2. The van der Waals surface area contributed by atoms with Crippen LogP contribution in [0, 0.1) is 0 Å². The predicted octanol–water partition coefficient (Wildman–Crippen LogP) is 5.41. The fourth-order valence-electron chi connectivity index (χ4n) is 2.33. The van der Waals surface area contributed by atoms with Crippen molar-refractivity contribution in [3.8, 4) is 11.5 Å². The number of fused-ring (bicyclic) bond motifs is 1. The lowest BCUT2D eigenvalue weighted by atomic mass is 10.1. The van der Waals surface area contributed by atoms with Crippen LogP contribution in [-0.4, -0.2) is 19.2 Å². The number of halogens is 2. The zero-order chi connectivity index (χ0) is 16.4. The molecular weight excluding hydrogens is 380 g/mol. The van der Waals surface area contributed by atoms with Gasteiger partial charge in [-0.1, -0.05) is 27.5 Å². The molecule has 0 radical (unpaired) electrons. The first-order valence-electron chi connectivity index (χ1n) is 6.85. The number of nitrogens with one attached hydrogen (secondary N) is 1. The summed E-state index contributed by atoms with van der Waals surface area (Å²) < 4.78 is 11.7. The molecule has 1 heterocycles. The summed E-state index contributed by atoms with van der Waals surface area (Å²) >= 11 is 9.61. The predicted molar refractivity (Wildman–Crippen MR) is 97.3 cm³/mol. The number of nitrogens with zero attached hydrogens (tertiary/aromatic N) is 1. The van der Waals surface area contributed by atoms with Gasteiger partial charge in [0.25, 0.3) is 0 Å². The molecule has 0 bridgehead atoms. The van der Waals surface area contributed by atoms with Gasteiger partial charge in [-0.15, -0.1) is 0 Å². The minimum absolute atomic E-state index is 0.499. The summed E-state index contributed by atoms with van der Waals surface area (Å²) in [5.74, 6) is 1.22. The van der Waals surface area contributed by atoms with Crippen LogP contribution in [0.5, 0.6) is 11.5 Å². The first-order valence-corrected chi connectivity index (χ1v) is 8.02. The standard InChI is InChI=1S/C17H14BrClN2O2/c1-22-16-9-15(17(23-2)8-12(16)19)21-13-5-6-20-14-7-10(18)3-4-11(13)14/h3-9H,1-2H3,(H,20,21). The van der Waals surface area contributed by atoms with E-state index < -0.39 is 0 Å². The van der Waals surface area contributed by atoms with Gasteiger partial charge in [-0.25, -0.2) is 0 Å². The van der Waals surface area contributed by atoms with Gasteiger partial charge in [-0.05, 0) is 24.3 Å². The number of anilines is 2. The molecule has 1 N–H and O–H groups in total. The lowest BCUT2D eigenvalue weighted by Crippen LogP contribution is -1.97. The van der Waals surface area contributed by atoms with Crippen LogP contribution in [0.1, 0.15) is 0 Å². The molecule has 0 spiro atoms. The van der Waals surface area contributed by atoms with Gasteiger partial charge < -0.3 is 14.8 Å². The zero-order valence-electron chi connectivity index (χ0n) is 12.6. The maximum atomic E-state index is 6.15. The Balaban J connectivity index is 2.08. The summed E-state index contributed by atoms with van der Waals surface area (Å²) in [6.45, 7) is 0. The first kappa shape index (κ1) is 15.9. The van der Waals surface area contributed by atoms with Crippen LogP contribution in [0.2, 0.25) is 5.02 Å². The van der Waals surface area contributed by atoms with E-state index in [9.17, 15) is 0 Å². The molecule has 0 unspecified atom stereocenters. The van der Waals surface area contributed by atoms with Crippen molar-refractivity contribution in [1.29, 1.82) is 0 Å². The van der Waals surface area contributed by atoms with E-state index in [2.05, 4.69) is 26.2 Å². The normalized spacial score (nSPS) is 10.6. The number of benzene rings is 2. The molecule has 0 aliphatic heterocycles. The van der Waals surface area contributed by atoms with Crippen LogP contribution in [0.3, 0.4) is 0 Å². The van der Waals surface area contributed by atoms with Crippen LogP contribution in [-0.2, 0) is 0 Å². The highest BCUT2D eigenvalue weighted by Crippen LogP contribution is 2.38. The van der Waals surface area contributed by atoms with Crippen molar-refractivity contribution in [1.82, 2.24) is 4.98 Å². The van der Waals surface area contributed by atoms with E-state index in [-0.39, 0.29) is 0 Å². The number of hydrogen-bond acceptors (Lipinski definition) is 4. The van der Waals surface area contributed by atoms with Crippen LogP contribution in [0.15, 0.2) is 47.1 Å². The summed E-state index contributed by atoms with van der Waals surface area (Å²) in [4.78, 5) is 4.39. The SMILES string of the molecule is COc1cc(Nc2ccnc3cc(Br)ccc23)c(OC)cc1Cl. The summed E-state index contributed by atoms with van der Waals surface area (Å²) in [5, 5.41) is 4.87. The Bertz CT molecular complexity index is 871. The summed E-state index contributed by atoms with van der Waals surface area (Å²) in [6, 6.07) is 11.4. The van der Waals surface area contributed by atoms with Gasteiger partial charge >= 0.3 is 0 Å². The Kier molecular flexibility index (Phi) is 4.59. The molecule has 0 atom stereocenters. The van der Waals surface area contributed by atoms with Crippen molar-refractivity contribution < 1.29 is 9.47 Å². The van der Waals surface area contributed by atoms with Crippen molar-refractivity contribution in [2.24, 2.45) is 0 Å². The van der Waals surface area contributed by atoms with E-state index in [1.165, 1.54) is 0 Å². The Morgan fingerprint density at radius 3 is 2.52 bits per heavy atom. The highest BCUT2D eigenvalue weighted by molar-refractivity contribution is 9.10. The van der Waals surface area contributed by atoms with Crippen molar-refractivity contribution >= 4 is 49.8 Å². The van der Waals surface area contributed by atoms with E-state index in [1.807, 2.05) is 30.3 Å². The van der Waals surface area contributed by atoms with Gasteiger partial charge in [-0.2, -0.15) is 0 Å². The second-order valence-electron chi connectivity index (χ2n) is 4.83. The third-order valence-electron chi connectivity index (χ3n) is 3.45. The zero-order valence-corrected chi connectivity index (χ0v) is 14.9. The molecule has 1 aromatic heterocycles. The molecule has 3 aromatic rings. The lowest BCUT2D eigenvalue weighted by Gasteiger charge is -2.15. The fraction of sp³-hybridized carbons (Fsp3) is 0.118. The maximum Gasteiger partial charge on any atom is 0.144 e. The molecule has 2 aromatic carbocycles. The third-order valence-corrected chi connectivity index (χ3v) is 4.24. The van der Waals surface area contributed by atoms with Crippen LogP contribution in [0.4, 0.5) is 11.4 Å². The molecule has 23 heavy (non-hydrogen) atoms. The number of pyridine rings is 1. The average molecular weight is 394 g/mol. The average Bonchev–Trinajstić information content (AvgIpc) is 2.55. The van der Waals surface area contributed by atoms with E-state index in [0.717, 1.165) is 26.8 Å². The maximum absolute atomic E-state index is 6.15. The smallest absolute Gasteiger partial charge is 0.144 e. The Morgan fingerprint density at radius 1 is 1.00 bits per heavy atom. The summed E-state index contributed by atoms with van der Waals surface area (Å²) in [7, 11) is 3.18. The Hall–Kier alpha value is -1.98. The molecule has 3 rings (SSSR count).